The van der Waals surface area contributed by atoms with Crippen LogP contribution >= 0.6 is 0 Å². The molecule has 2 N–H and O–H groups in total. The maximum absolute atomic E-state index is 9.53. The fourth-order valence-corrected chi connectivity index (χ4v) is 1.11. The molecule has 0 aromatic heterocycles. The number of aliphatic hydroxyl groups excluding tert-OH is 1. The molecule has 0 fully saturated rings. The minimum absolute atomic E-state index is 0.250. The first-order valence-corrected chi connectivity index (χ1v) is 5.63. The van der Waals surface area contributed by atoms with Crippen molar-refractivity contribution in [2.75, 3.05) is 19.8 Å². The summed E-state index contributed by atoms with van der Waals surface area (Å²) >= 11 is 0. The zero-order valence-electron chi connectivity index (χ0n) is 9.83. The highest BCUT2D eigenvalue weighted by molar-refractivity contribution is 4.88. The highest BCUT2D eigenvalue weighted by Gasteiger charge is 2.06. The summed E-state index contributed by atoms with van der Waals surface area (Å²) in [4.78, 5) is 0. The fraction of sp³-hybridized carbons (Fsp3) is 0.833. The molecule has 3 heteroatoms. The molecule has 0 amide bonds. The van der Waals surface area contributed by atoms with E-state index in [0.717, 1.165) is 19.4 Å². The van der Waals surface area contributed by atoms with Crippen molar-refractivity contribution in [2.45, 2.75) is 45.3 Å². The van der Waals surface area contributed by atoms with Gasteiger partial charge in [-0.2, -0.15) is 0 Å². The third-order valence-corrected chi connectivity index (χ3v) is 2.08. The lowest BCUT2D eigenvalue weighted by Gasteiger charge is -2.15. The van der Waals surface area contributed by atoms with Crippen LogP contribution in [0.1, 0.15) is 33.1 Å². The van der Waals surface area contributed by atoms with Gasteiger partial charge in [-0.15, -0.1) is 12.3 Å². The first kappa shape index (κ1) is 14.4. The van der Waals surface area contributed by atoms with Crippen LogP contribution < -0.4 is 5.32 Å². The molecule has 0 aliphatic rings. The van der Waals surface area contributed by atoms with Crippen LogP contribution in [0.4, 0.5) is 0 Å². The molecule has 0 rings (SSSR count). The average molecular weight is 213 g/mol. The van der Waals surface area contributed by atoms with Crippen LogP contribution in [-0.2, 0) is 4.74 Å². The van der Waals surface area contributed by atoms with Crippen LogP contribution in [-0.4, -0.2) is 37.0 Å². The molecule has 0 aliphatic carbocycles. The van der Waals surface area contributed by atoms with E-state index in [4.69, 9.17) is 11.2 Å². The summed E-state index contributed by atoms with van der Waals surface area (Å²) in [6.45, 7) is 5.78. The van der Waals surface area contributed by atoms with Gasteiger partial charge >= 0.3 is 0 Å². The molecule has 88 valence electrons. The second-order valence-corrected chi connectivity index (χ2v) is 3.80. The Kier molecular flexibility index (Phi) is 9.60. The predicted molar refractivity (Wildman–Crippen MR) is 62.6 cm³/mol. The van der Waals surface area contributed by atoms with Crippen LogP contribution in [0.25, 0.3) is 0 Å². The molecule has 3 nitrogen and oxygen atoms in total. The highest BCUT2D eigenvalue weighted by Crippen LogP contribution is 1.92. The van der Waals surface area contributed by atoms with Gasteiger partial charge in [-0.25, -0.2) is 0 Å². The number of nitrogens with one attached hydrogen (secondary N) is 1. The molecular formula is C12H23NO2. The first-order chi connectivity index (χ1) is 7.20. The number of hydrogen-bond acceptors (Lipinski definition) is 3. The Hall–Kier alpha value is -0.560. The van der Waals surface area contributed by atoms with E-state index in [2.05, 4.69) is 18.2 Å². The van der Waals surface area contributed by atoms with Gasteiger partial charge in [0.15, 0.2) is 0 Å². The molecule has 0 aromatic rings. The molecule has 2 unspecified atom stereocenters. The van der Waals surface area contributed by atoms with Gasteiger partial charge in [0.25, 0.3) is 0 Å². The predicted octanol–water partition coefficient (Wildman–Crippen LogP) is 1.17. The van der Waals surface area contributed by atoms with Crippen LogP contribution in [0.3, 0.4) is 0 Å². The van der Waals surface area contributed by atoms with Crippen molar-refractivity contribution in [3.63, 3.8) is 0 Å². The van der Waals surface area contributed by atoms with Crippen molar-refractivity contribution >= 4 is 0 Å². The average Bonchev–Trinajstić information content (AvgIpc) is 2.22. The quantitative estimate of drug-likeness (QED) is 0.446. The van der Waals surface area contributed by atoms with Gasteiger partial charge in [0.1, 0.15) is 0 Å². The summed E-state index contributed by atoms with van der Waals surface area (Å²) in [6.07, 6.45) is 7.58. The molecule has 0 saturated carbocycles. The van der Waals surface area contributed by atoms with Crippen LogP contribution in [0.15, 0.2) is 0 Å². The van der Waals surface area contributed by atoms with Gasteiger partial charge in [-0.3, -0.25) is 0 Å². The first-order valence-electron chi connectivity index (χ1n) is 5.63. The van der Waals surface area contributed by atoms with Gasteiger partial charge in [-0.1, -0.05) is 13.3 Å². The standard InChI is InChI=1S/C12H23NO2/c1-4-6-8-15-10-12(14)9-13-11(3)7-5-2/h2,11-14H,4,6-10H2,1,3H3. The van der Waals surface area contributed by atoms with Gasteiger partial charge < -0.3 is 15.2 Å². The van der Waals surface area contributed by atoms with Gasteiger partial charge in [0.2, 0.25) is 0 Å². The Morgan fingerprint density at radius 2 is 2.27 bits per heavy atom. The van der Waals surface area contributed by atoms with E-state index in [9.17, 15) is 5.11 Å². The van der Waals surface area contributed by atoms with Gasteiger partial charge in [0, 0.05) is 25.6 Å². The number of terminal acetylenes is 1. The number of ether oxygens (including phenoxy) is 1. The monoisotopic (exact) mass is 213 g/mol. The second kappa shape index (κ2) is 9.97. The third kappa shape index (κ3) is 9.74. The molecule has 2 atom stereocenters. The van der Waals surface area contributed by atoms with Crippen LogP contribution in [0.5, 0.6) is 0 Å². The van der Waals surface area contributed by atoms with Crippen molar-refractivity contribution in [1.29, 1.82) is 0 Å². The van der Waals surface area contributed by atoms with Crippen molar-refractivity contribution in [3.05, 3.63) is 0 Å². The minimum Gasteiger partial charge on any atom is -0.389 e. The van der Waals surface area contributed by atoms with E-state index in [1.54, 1.807) is 0 Å². The molecule has 0 radical (unpaired) electrons. The molecule has 0 aliphatic heterocycles. The minimum atomic E-state index is -0.443. The van der Waals surface area contributed by atoms with E-state index in [-0.39, 0.29) is 6.04 Å². The summed E-state index contributed by atoms with van der Waals surface area (Å²) in [7, 11) is 0. The van der Waals surface area contributed by atoms with Gasteiger partial charge in [-0.05, 0) is 13.3 Å². The number of unbranched alkanes of at least 4 members (excludes halogenated alkanes) is 1. The molecule has 15 heavy (non-hydrogen) atoms. The Labute approximate surface area is 93.2 Å². The summed E-state index contributed by atoms with van der Waals surface area (Å²) in [5.41, 5.74) is 0. The largest absolute Gasteiger partial charge is 0.389 e. The summed E-state index contributed by atoms with van der Waals surface area (Å²) < 4.78 is 5.30. The van der Waals surface area contributed by atoms with E-state index in [1.807, 2.05) is 6.92 Å². The summed E-state index contributed by atoms with van der Waals surface area (Å²) in [6, 6.07) is 0.250. The van der Waals surface area contributed by atoms with Gasteiger partial charge in [0.05, 0.1) is 12.7 Å². The third-order valence-electron chi connectivity index (χ3n) is 2.08. The molecule has 0 aromatic carbocycles. The summed E-state index contributed by atoms with van der Waals surface area (Å²) in [5.74, 6) is 2.58. The lowest BCUT2D eigenvalue weighted by atomic mass is 10.2. The van der Waals surface area contributed by atoms with Crippen molar-refractivity contribution in [2.24, 2.45) is 0 Å². The van der Waals surface area contributed by atoms with Crippen LogP contribution in [0, 0.1) is 12.3 Å². The zero-order chi connectivity index (χ0) is 11.5. The Bertz CT molecular complexity index is 177. The molecule has 0 spiro atoms. The Balaban J connectivity index is 3.33. The van der Waals surface area contributed by atoms with Crippen molar-refractivity contribution in [1.82, 2.24) is 5.32 Å². The highest BCUT2D eigenvalue weighted by atomic mass is 16.5. The normalized spacial score (nSPS) is 14.5. The molecule has 0 saturated heterocycles. The summed E-state index contributed by atoms with van der Waals surface area (Å²) in [5, 5.41) is 12.7. The zero-order valence-corrected chi connectivity index (χ0v) is 9.83. The van der Waals surface area contributed by atoms with E-state index >= 15 is 0 Å². The maximum atomic E-state index is 9.53. The van der Waals surface area contributed by atoms with E-state index in [0.29, 0.717) is 19.6 Å². The van der Waals surface area contributed by atoms with E-state index in [1.165, 1.54) is 0 Å². The smallest absolute Gasteiger partial charge is 0.0897 e. The fourth-order valence-electron chi connectivity index (χ4n) is 1.11. The number of rotatable bonds is 9. The molecule has 0 bridgehead atoms. The lowest BCUT2D eigenvalue weighted by Crippen LogP contribution is -2.35. The Morgan fingerprint density at radius 1 is 1.53 bits per heavy atom. The lowest BCUT2D eigenvalue weighted by molar-refractivity contribution is 0.0349. The Morgan fingerprint density at radius 3 is 2.87 bits per heavy atom. The topological polar surface area (TPSA) is 41.5 Å². The van der Waals surface area contributed by atoms with Crippen molar-refractivity contribution < 1.29 is 9.84 Å². The number of aliphatic hydroxyl groups is 1. The van der Waals surface area contributed by atoms with E-state index < -0.39 is 6.10 Å². The maximum Gasteiger partial charge on any atom is 0.0897 e. The second-order valence-electron chi connectivity index (χ2n) is 3.80. The number of hydrogen-bond donors (Lipinski definition) is 2. The van der Waals surface area contributed by atoms with Crippen molar-refractivity contribution in [3.8, 4) is 12.3 Å². The molecular weight excluding hydrogens is 190 g/mol. The van der Waals surface area contributed by atoms with Crippen LogP contribution in [0.2, 0.25) is 0 Å². The SMILES string of the molecule is C#CCC(C)NCC(O)COCCCC. The molecule has 0 heterocycles.